The van der Waals surface area contributed by atoms with Crippen molar-refractivity contribution in [2.45, 2.75) is 36.1 Å². The number of aliphatic carboxylic acids is 1. The number of carboxylic acids is 1. The molecule has 3 atom stereocenters. The number of fused-ring (bicyclic) bond motifs is 1. The van der Waals surface area contributed by atoms with Crippen LogP contribution >= 0.6 is 0 Å². The molecule has 0 aromatic rings. The van der Waals surface area contributed by atoms with E-state index in [1.165, 1.54) is 13.8 Å². The lowest BCUT2D eigenvalue weighted by molar-refractivity contribution is -0.167. The number of carboxylic acid groups (broad SMARTS) is 1. The highest BCUT2D eigenvalue weighted by molar-refractivity contribution is 7.93. The van der Waals surface area contributed by atoms with E-state index in [2.05, 4.69) is 0 Å². The first-order valence-corrected chi connectivity index (χ1v) is 5.71. The molecule has 3 N–H and O–H groups in total. The number of nitrogens with two attached hydrogens (primary N) is 1. The quantitative estimate of drug-likeness (QED) is 0.437. The summed E-state index contributed by atoms with van der Waals surface area (Å²) in [7, 11) is 0. The summed E-state index contributed by atoms with van der Waals surface area (Å²) in [5, 5.41) is 8.58. The summed E-state index contributed by atoms with van der Waals surface area (Å²) < 4.78 is 10.8. The van der Waals surface area contributed by atoms with Crippen molar-refractivity contribution >= 4 is 23.1 Å². The third-order valence-electron chi connectivity index (χ3n) is 3.28. The maximum absolute atomic E-state index is 11.9. The van der Waals surface area contributed by atoms with Gasteiger partial charge in [0.2, 0.25) is 16.9 Å². The molecule has 0 spiro atoms. The average Bonchev–Trinajstić information content (AvgIpc) is 2.22. The van der Waals surface area contributed by atoms with Gasteiger partial charge in [-0.25, -0.2) is 4.79 Å². The first kappa shape index (κ1) is 10.7. The monoisotopic (exact) mass is 232 g/mol. The molecule has 0 aromatic carbocycles. The van der Waals surface area contributed by atoms with Gasteiger partial charge in [-0.05, 0) is 25.0 Å². The van der Waals surface area contributed by atoms with Crippen molar-refractivity contribution in [1.29, 1.82) is 0 Å². The molecule has 0 aliphatic carbocycles. The Morgan fingerprint density at radius 1 is 1.73 bits per heavy atom. The van der Waals surface area contributed by atoms with E-state index in [-0.39, 0.29) is 12.3 Å². The van der Waals surface area contributed by atoms with Gasteiger partial charge in [0, 0.05) is 0 Å². The molecular weight excluding hydrogens is 220 g/mol. The van der Waals surface area contributed by atoms with E-state index in [0.29, 0.717) is 0 Å². The second-order valence-electron chi connectivity index (χ2n) is 4.30. The highest BCUT2D eigenvalue weighted by Crippen LogP contribution is 2.49. The van der Waals surface area contributed by atoms with E-state index >= 15 is 0 Å². The number of carbonyl (C=O) groups is 2. The van der Waals surface area contributed by atoms with Gasteiger partial charge in [-0.15, -0.1) is 0 Å². The molecular formula is C8H12N2O4S. The summed E-state index contributed by atoms with van der Waals surface area (Å²) in [5.41, 5.74) is 3.91. The Hall–Kier alpha value is -0.790. The number of β-lactam (4-membered cyclic amide) rings is 1. The van der Waals surface area contributed by atoms with Crippen LogP contribution in [0.3, 0.4) is 0 Å². The first-order chi connectivity index (χ1) is 6.74. The maximum atomic E-state index is 11.9. The Morgan fingerprint density at radius 2 is 2.27 bits per heavy atom. The average molecular weight is 232 g/mol. The smallest absolute Gasteiger partial charge is 0.350 e. The molecule has 1 amide bonds. The molecule has 0 aromatic heterocycles. The summed E-state index contributed by atoms with van der Waals surface area (Å²) in [6, 6.07) is 0. The minimum Gasteiger partial charge on any atom is -0.614 e. The van der Waals surface area contributed by atoms with Gasteiger partial charge in [0.25, 0.3) is 0 Å². The molecule has 0 bridgehead atoms. The van der Waals surface area contributed by atoms with Gasteiger partial charge in [0.15, 0.2) is 4.75 Å². The highest BCUT2D eigenvalue weighted by Gasteiger charge is 2.76. The van der Waals surface area contributed by atoms with Gasteiger partial charge in [0.1, 0.15) is 0 Å². The predicted molar refractivity (Wildman–Crippen MR) is 52.0 cm³/mol. The summed E-state index contributed by atoms with van der Waals surface area (Å²) in [4.78, 5) is 23.5. The molecule has 2 heterocycles. The lowest BCUT2D eigenvalue weighted by Gasteiger charge is -2.39. The molecule has 15 heavy (non-hydrogen) atoms. The molecule has 6 nitrogen and oxygen atoms in total. The van der Waals surface area contributed by atoms with E-state index < -0.39 is 32.9 Å². The van der Waals surface area contributed by atoms with E-state index in [0.717, 1.165) is 4.90 Å². The first-order valence-electron chi connectivity index (χ1n) is 4.49. The summed E-state index contributed by atoms with van der Waals surface area (Å²) in [6.45, 7) is 3.03. The van der Waals surface area contributed by atoms with Crippen molar-refractivity contribution in [2.24, 2.45) is 5.73 Å². The third kappa shape index (κ3) is 0.932. The molecule has 2 fully saturated rings. The van der Waals surface area contributed by atoms with Crippen molar-refractivity contribution in [2.75, 3.05) is 0 Å². The van der Waals surface area contributed by atoms with E-state index in [1.807, 2.05) is 0 Å². The zero-order valence-corrected chi connectivity index (χ0v) is 9.21. The summed E-state index contributed by atoms with van der Waals surface area (Å²) in [5.74, 6) is -1.65. The third-order valence-corrected chi connectivity index (χ3v) is 5.47. The Morgan fingerprint density at radius 3 is 2.60 bits per heavy atom. The number of carbonyl (C=O) groups excluding carboxylic acids is 1. The van der Waals surface area contributed by atoms with Crippen LogP contribution in [0.1, 0.15) is 20.3 Å². The van der Waals surface area contributed by atoms with Crippen molar-refractivity contribution in [1.82, 2.24) is 4.90 Å². The van der Waals surface area contributed by atoms with Crippen LogP contribution in [0.2, 0.25) is 0 Å². The lowest BCUT2D eigenvalue weighted by Crippen LogP contribution is -2.72. The van der Waals surface area contributed by atoms with Crippen LogP contribution in [0.4, 0.5) is 0 Å². The molecule has 0 radical (unpaired) electrons. The van der Waals surface area contributed by atoms with Crippen LogP contribution in [0.25, 0.3) is 0 Å². The second-order valence-corrected chi connectivity index (χ2v) is 6.46. The Labute approximate surface area is 89.6 Å². The van der Waals surface area contributed by atoms with Gasteiger partial charge in [0.05, 0.1) is 6.42 Å². The van der Waals surface area contributed by atoms with Gasteiger partial charge >= 0.3 is 5.97 Å². The zero-order valence-electron chi connectivity index (χ0n) is 8.39. The van der Waals surface area contributed by atoms with Gasteiger partial charge in [-0.1, -0.05) is 0 Å². The number of nitrogens with zero attached hydrogens (tertiary/aromatic N) is 1. The highest BCUT2D eigenvalue weighted by atomic mass is 32.2. The van der Waals surface area contributed by atoms with Crippen molar-refractivity contribution < 1.29 is 19.2 Å². The molecule has 0 saturated carbocycles. The summed E-state index contributed by atoms with van der Waals surface area (Å²) >= 11 is -1.43. The van der Waals surface area contributed by atoms with Crippen molar-refractivity contribution in [3.63, 3.8) is 0 Å². The van der Waals surface area contributed by atoms with Crippen LogP contribution in [0.5, 0.6) is 0 Å². The fourth-order valence-electron chi connectivity index (χ4n) is 2.13. The molecule has 2 aliphatic rings. The number of hydrogen-bond donors (Lipinski definition) is 2. The fourth-order valence-corrected chi connectivity index (χ4v) is 4.07. The van der Waals surface area contributed by atoms with Gasteiger partial charge in [-0.3, -0.25) is 15.4 Å². The standard InChI is InChI=1S/C8H12N2O4S/c1-7(2)8(9,6(12)13)10-4(11)3-5(10)15(7)14/h5H,3,9H2,1-2H3,(H,12,13)/t5-,8+,15?/m1/s1. The van der Waals surface area contributed by atoms with Crippen LogP contribution < -0.4 is 5.73 Å². The molecule has 2 saturated heterocycles. The van der Waals surface area contributed by atoms with Crippen molar-refractivity contribution in [3.05, 3.63) is 0 Å². The van der Waals surface area contributed by atoms with Crippen LogP contribution in [-0.2, 0) is 20.8 Å². The predicted octanol–water partition coefficient (Wildman–Crippen LogP) is -1.17. The largest absolute Gasteiger partial charge is 0.614 e. The zero-order chi connectivity index (χ0) is 11.6. The minimum absolute atomic E-state index is 0.127. The van der Waals surface area contributed by atoms with Gasteiger partial charge in [-0.2, -0.15) is 0 Å². The van der Waals surface area contributed by atoms with E-state index in [4.69, 9.17) is 10.8 Å². The topological polar surface area (TPSA) is 107 Å². The number of hydrogen-bond acceptors (Lipinski definition) is 4. The molecule has 2 rings (SSSR count). The number of rotatable bonds is 1. The number of amides is 1. The van der Waals surface area contributed by atoms with E-state index in [9.17, 15) is 14.1 Å². The van der Waals surface area contributed by atoms with Crippen molar-refractivity contribution in [3.8, 4) is 0 Å². The molecule has 2 aliphatic heterocycles. The second kappa shape index (κ2) is 2.66. The SMILES string of the molecule is CC1(C)[S+]([O-])[C@@H]2CC(=O)N2[C@@]1(N)C(=O)O. The molecule has 84 valence electrons. The summed E-state index contributed by atoms with van der Waals surface area (Å²) in [6.07, 6.45) is 0.127. The van der Waals surface area contributed by atoms with Crippen LogP contribution in [0, 0.1) is 0 Å². The maximum Gasteiger partial charge on any atom is 0.350 e. The Bertz CT molecular complexity index is 359. The Balaban J connectivity index is 2.52. The van der Waals surface area contributed by atoms with E-state index in [1.54, 1.807) is 0 Å². The Kier molecular flexibility index (Phi) is 1.90. The van der Waals surface area contributed by atoms with Crippen LogP contribution in [0.15, 0.2) is 0 Å². The van der Waals surface area contributed by atoms with Gasteiger partial charge < -0.3 is 9.66 Å². The normalized spacial score (nSPS) is 42.4. The molecule has 7 heteroatoms. The minimum atomic E-state index is -1.85. The lowest BCUT2D eigenvalue weighted by atomic mass is 9.91. The fraction of sp³-hybridized carbons (Fsp3) is 0.750. The molecule has 1 unspecified atom stereocenters. The van der Waals surface area contributed by atoms with Crippen LogP contribution in [-0.4, -0.2) is 42.2 Å².